The minimum atomic E-state index is -0.511. The summed E-state index contributed by atoms with van der Waals surface area (Å²) in [4.78, 5) is 37.7. The van der Waals surface area contributed by atoms with Gasteiger partial charge in [-0.1, -0.05) is 24.3 Å². The second-order valence-electron chi connectivity index (χ2n) is 6.42. The van der Waals surface area contributed by atoms with Crippen molar-refractivity contribution in [3.8, 4) is 0 Å². The zero-order valence-corrected chi connectivity index (χ0v) is 15.1. The van der Waals surface area contributed by atoms with E-state index < -0.39 is 12.1 Å². The Balaban J connectivity index is 1.60. The number of imide groups is 1. The Kier molecular flexibility index (Phi) is 5.63. The number of nitrogens with one attached hydrogen (secondary N) is 2. The van der Waals surface area contributed by atoms with Crippen molar-refractivity contribution in [2.24, 2.45) is 0 Å². The molecule has 0 radical (unpaired) electrons. The fourth-order valence-corrected chi connectivity index (χ4v) is 3.92. The number of amides is 4. The molecule has 2 N–H and O–H groups in total. The molecule has 0 aromatic heterocycles. The summed E-state index contributed by atoms with van der Waals surface area (Å²) in [6.07, 6.45) is 5.45. The summed E-state index contributed by atoms with van der Waals surface area (Å²) in [6.45, 7) is -0.223. The summed E-state index contributed by atoms with van der Waals surface area (Å²) in [6, 6.07) is 7.05. The Bertz CT molecular complexity index is 679. The van der Waals surface area contributed by atoms with Crippen LogP contribution in [0.3, 0.4) is 0 Å². The third-order valence-electron chi connectivity index (χ3n) is 4.72. The van der Waals surface area contributed by atoms with Crippen LogP contribution in [0.4, 0.5) is 4.79 Å². The van der Waals surface area contributed by atoms with E-state index in [-0.39, 0.29) is 24.4 Å². The van der Waals surface area contributed by atoms with Gasteiger partial charge in [0.1, 0.15) is 12.6 Å². The van der Waals surface area contributed by atoms with Crippen molar-refractivity contribution < 1.29 is 14.4 Å². The first-order valence-electron chi connectivity index (χ1n) is 8.58. The lowest BCUT2D eigenvalue weighted by atomic mass is 9.88. The van der Waals surface area contributed by atoms with E-state index in [1.807, 2.05) is 24.5 Å². The first kappa shape index (κ1) is 17.8. The molecule has 6 nitrogen and oxygen atoms in total. The Labute approximate surface area is 151 Å². The van der Waals surface area contributed by atoms with Crippen molar-refractivity contribution in [2.45, 2.75) is 37.8 Å². The predicted octanol–water partition coefficient (Wildman–Crippen LogP) is 1.85. The summed E-state index contributed by atoms with van der Waals surface area (Å²) < 4.78 is 0. The van der Waals surface area contributed by atoms with E-state index >= 15 is 0 Å². The molecule has 1 heterocycles. The molecule has 1 saturated heterocycles. The quantitative estimate of drug-likeness (QED) is 0.758. The molecule has 7 heteroatoms. The third kappa shape index (κ3) is 3.98. The summed E-state index contributed by atoms with van der Waals surface area (Å²) in [5, 5.41) is 5.64. The molecule has 0 unspecified atom stereocenters. The number of thioether (sulfide) groups is 1. The molecule has 0 saturated carbocycles. The molecular weight excluding hydrogens is 338 g/mol. The SMILES string of the molecule is CSCC[C@H]1NC(=O)N(CC(=O)N[C@@H]2CCCc3ccccc32)C1=O. The second-order valence-corrected chi connectivity index (χ2v) is 7.40. The van der Waals surface area contributed by atoms with Crippen molar-refractivity contribution in [3.05, 3.63) is 35.4 Å². The van der Waals surface area contributed by atoms with Gasteiger partial charge < -0.3 is 10.6 Å². The minimum absolute atomic E-state index is 0.0505. The summed E-state index contributed by atoms with van der Waals surface area (Å²) in [5.41, 5.74) is 2.39. The highest BCUT2D eigenvalue weighted by atomic mass is 32.2. The number of benzene rings is 1. The number of rotatable bonds is 6. The summed E-state index contributed by atoms with van der Waals surface area (Å²) >= 11 is 1.62. The fraction of sp³-hybridized carbons (Fsp3) is 0.500. The van der Waals surface area contributed by atoms with Gasteiger partial charge in [-0.2, -0.15) is 11.8 Å². The number of carbonyl (C=O) groups is 3. The van der Waals surface area contributed by atoms with E-state index in [1.165, 1.54) is 5.56 Å². The van der Waals surface area contributed by atoms with Crippen molar-refractivity contribution in [1.82, 2.24) is 15.5 Å². The fourth-order valence-electron chi connectivity index (χ4n) is 3.45. The van der Waals surface area contributed by atoms with Crippen LogP contribution in [0.15, 0.2) is 24.3 Å². The molecule has 25 heavy (non-hydrogen) atoms. The van der Waals surface area contributed by atoms with E-state index in [9.17, 15) is 14.4 Å². The van der Waals surface area contributed by atoms with Crippen LogP contribution < -0.4 is 10.6 Å². The molecule has 134 valence electrons. The minimum Gasteiger partial charge on any atom is -0.348 e. The molecule has 4 amide bonds. The molecule has 3 rings (SSSR count). The third-order valence-corrected chi connectivity index (χ3v) is 5.37. The van der Waals surface area contributed by atoms with Gasteiger partial charge in [0.2, 0.25) is 5.91 Å². The molecule has 2 atom stereocenters. The van der Waals surface area contributed by atoms with E-state index in [0.717, 1.165) is 35.5 Å². The van der Waals surface area contributed by atoms with Crippen LogP contribution in [0.1, 0.15) is 36.4 Å². The summed E-state index contributed by atoms with van der Waals surface area (Å²) in [7, 11) is 0. The number of aryl methyl sites for hydroxylation is 1. The topological polar surface area (TPSA) is 78.5 Å². The zero-order chi connectivity index (χ0) is 17.8. The average molecular weight is 361 g/mol. The van der Waals surface area contributed by atoms with Gasteiger partial charge in [-0.15, -0.1) is 0 Å². The Hall–Kier alpha value is -2.02. The maximum Gasteiger partial charge on any atom is 0.325 e. The molecule has 1 aromatic carbocycles. The highest BCUT2D eigenvalue weighted by molar-refractivity contribution is 7.98. The van der Waals surface area contributed by atoms with Crippen LogP contribution in [-0.4, -0.2) is 47.3 Å². The lowest BCUT2D eigenvalue weighted by Gasteiger charge is -2.27. The van der Waals surface area contributed by atoms with Gasteiger partial charge in [0.15, 0.2) is 0 Å². The molecular formula is C18H23N3O3S. The van der Waals surface area contributed by atoms with Crippen LogP contribution in [0, 0.1) is 0 Å². The highest BCUT2D eigenvalue weighted by Gasteiger charge is 2.38. The summed E-state index contributed by atoms with van der Waals surface area (Å²) in [5.74, 6) is 0.184. The standard InChI is InChI=1S/C18H23N3O3S/c1-25-10-9-15-17(23)21(18(24)20-15)11-16(22)19-14-8-4-6-12-5-2-3-7-13(12)14/h2-3,5,7,14-15H,4,6,8-11H2,1H3,(H,19,22)(H,20,24)/t14-,15-/m1/s1. The number of fused-ring (bicyclic) bond motifs is 1. The maximum atomic E-state index is 12.4. The number of nitrogens with zero attached hydrogens (tertiary/aromatic N) is 1. The van der Waals surface area contributed by atoms with Crippen LogP contribution >= 0.6 is 11.8 Å². The van der Waals surface area contributed by atoms with Gasteiger partial charge >= 0.3 is 6.03 Å². The van der Waals surface area contributed by atoms with Gasteiger partial charge in [0, 0.05) is 0 Å². The Morgan fingerprint density at radius 3 is 2.96 bits per heavy atom. The predicted molar refractivity (Wildman–Crippen MR) is 97.3 cm³/mol. The van der Waals surface area contributed by atoms with Crippen molar-refractivity contribution in [1.29, 1.82) is 0 Å². The highest BCUT2D eigenvalue weighted by Crippen LogP contribution is 2.29. The van der Waals surface area contributed by atoms with Crippen molar-refractivity contribution >= 4 is 29.6 Å². The van der Waals surface area contributed by atoms with Gasteiger partial charge in [0.25, 0.3) is 5.91 Å². The second kappa shape index (κ2) is 7.91. The Morgan fingerprint density at radius 2 is 2.16 bits per heavy atom. The van der Waals surface area contributed by atoms with Gasteiger partial charge in [-0.25, -0.2) is 4.79 Å². The van der Waals surface area contributed by atoms with E-state index in [0.29, 0.717) is 6.42 Å². The van der Waals surface area contributed by atoms with Crippen molar-refractivity contribution in [2.75, 3.05) is 18.6 Å². The molecule has 0 spiro atoms. The monoisotopic (exact) mass is 361 g/mol. The zero-order valence-electron chi connectivity index (χ0n) is 14.3. The molecule has 1 fully saturated rings. The number of hydrogen-bond donors (Lipinski definition) is 2. The molecule has 0 bridgehead atoms. The number of urea groups is 1. The largest absolute Gasteiger partial charge is 0.348 e. The lowest BCUT2D eigenvalue weighted by molar-refractivity contribution is -0.132. The molecule has 1 aromatic rings. The van der Waals surface area contributed by atoms with Gasteiger partial charge in [0.05, 0.1) is 6.04 Å². The van der Waals surface area contributed by atoms with Crippen molar-refractivity contribution in [3.63, 3.8) is 0 Å². The molecule has 1 aliphatic heterocycles. The van der Waals surface area contributed by atoms with E-state index in [4.69, 9.17) is 0 Å². The first-order chi connectivity index (χ1) is 12.1. The number of carbonyl (C=O) groups excluding carboxylic acids is 3. The van der Waals surface area contributed by atoms with Gasteiger partial charge in [-0.05, 0) is 48.8 Å². The van der Waals surface area contributed by atoms with Crippen LogP contribution in [0.2, 0.25) is 0 Å². The average Bonchev–Trinajstić information content (AvgIpc) is 2.88. The van der Waals surface area contributed by atoms with E-state index in [2.05, 4.69) is 16.7 Å². The van der Waals surface area contributed by atoms with E-state index in [1.54, 1.807) is 11.8 Å². The van der Waals surface area contributed by atoms with Gasteiger partial charge in [-0.3, -0.25) is 14.5 Å². The smallest absolute Gasteiger partial charge is 0.325 e. The molecule has 2 aliphatic rings. The molecule has 1 aliphatic carbocycles. The normalized spacial score (nSPS) is 22.5. The Morgan fingerprint density at radius 1 is 1.36 bits per heavy atom. The van der Waals surface area contributed by atoms with Crippen LogP contribution in [0.5, 0.6) is 0 Å². The number of hydrogen-bond acceptors (Lipinski definition) is 4. The van der Waals surface area contributed by atoms with Crippen LogP contribution in [0.25, 0.3) is 0 Å². The lowest BCUT2D eigenvalue weighted by Crippen LogP contribution is -2.42. The maximum absolute atomic E-state index is 12.4. The first-order valence-corrected chi connectivity index (χ1v) is 9.97. The van der Waals surface area contributed by atoms with Crippen LogP contribution in [-0.2, 0) is 16.0 Å².